The molecule has 0 bridgehead atoms. The first-order chi connectivity index (χ1) is 20.1. The summed E-state index contributed by atoms with van der Waals surface area (Å²) in [6.45, 7) is 4.99. The average Bonchev–Trinajstić information content (AvgIpc) is 3.00. The van der Waals surface area contributed by atoms with E-state index in [2.05, 4.69) is 163 Å². The molecule has 0 aliphatic heterocycles. The highest BCUT2D eigenvalue weighted by molar-refractivity contribution is 5.79. The molecule has 0 aliphatic rings. The maximum absolute atomic E-state index is 5.33. The first-order valence-electron chi connectivity index (χ1n) is 13.9. The molecule has 0 fully saturated rings. The van der Waals surface area contributed by atoms with Crippen molar-refractivity contribution in [1.82, 2.24) is 0 Å². The van der Waals surface area contributed by atoms with Crippen LogP contribution in [0.2, 0.25) is 0 Å². The van der Waals surface area contributed by atoms with Gasteiger partial charge in [0.25, 0.3) is 0 Å². The van der Waals surface area contributed by atoms with Crippen molar-refractivity contribution in [3.05, 3.63) is 163 Å². The van der Waals surface area contributed by atoms with Gasteiger partial charge in [-0.15, -0.1) is 6.42 Å². The summed E-state index contributed by atoms with van der Waals surface area (Å²) in [6, 6.07) is 45.3. The van der Waals surface area contributed by atoms with Crippen molar-refractivity contribution in [2.75, 3.05) is 16.3 Å². The number of rotatable bonds is 9. The summed E-state index contributed by atoms with van der Waals surface area (Å²) in [7, 11) is 0. The third-order valence-electron chi connectivity index (χ3n) is 6.95. The Morgan fingerprint density at radius 3 is 1.71 bits per heavy atom. The lowest BCUT2D eigenvalue weighted by Crippen LogP contribution is -2.16. The van der Waals surface area contributed by atoms with E-state index < -0.39 is 0 Å². The fraction of sp³-hybridized carbons (Fsp3) is 0.0769. The monoisotopic (exact) mass is 530 g/mol. The minimum absolute atomic E-state index is 0.737. The zero-order valence-corrected chi connectivity index (χ0v) is 23.6. The van der Waals surface area contributed by atoms with Crippen LogP contribution in [0, 0.1) is 26.2 Å². The molecule has 0 atom stereocenters. The molecule has 0 amide bonds. The van der Waals surface area contributed by atoms with E-state index in [4.69, 9.17) is 6.42 Å². The van der Waals surface area contributed by atoms with Gasteiger partial charge in [-0.1, -0.05) is 90.9 Å². The van der Waals surface area contributed by atoms with Crippen LogP contribution in [0.4, 0.5) is 28.4 Å². The number of hydrogen-bond acceptors (Lipinski definition) is 2. The summed E-state index contributed by atoms with van der Waals surface area (Å²) in [6.07, 6.45) is 13.0. The number of allylic oxidation sites excluding steroid dienone is 3. The molecule has 0 aromatic heterocycles. The second-order valence-corrected chi connectivity index (χ2v) is 10.0. The Bertz CT molecular complexity index is 1670. The van der Waals surface area contributed by atoms with Crippen LogP contribution in [-0.4, -0.2) is 6.54 Å². The molecular weight excluding hydrogens is 496 g/mol. The molecular formula is C39H34N2. The Labute approximate surface area is 244 Å². The van der Waals surface area contributed by atoms with Crippen molar-refractivity contribution in [1.29, 1.82) is 0 Å². The zero-order chi connectivity index (χ0) is 28.4. The minimum atomic E-state index is 0.737. The zero-order valence-electron chi connectivity index (χ0n) is 23.6. The lowest BCUT2D eigenvalue weighted by molar-refractivity contribution is 1.09. The Morgan fingerprint density at radius 2 is 1.10 bits per heavy atom. The Kier molecular flexibility index (Phi) is 8.79. The molecule has 2 nitrogen and oxygen atoms in total. The van der Waals surface area contributed by atoms with E-state index in [1.807, 2.05) is 12.2 Å². The van der Waals surface area contributed by atoms with Gasteiger partial charge < -0.3 is 9.80 Å². The van der Waals surface area contributed by atoms with Gasteiger partial charge in [-0.25, -0.2) is 0 Å². The van der Waals surface area contributed by atoms with E-state index in [9.17, 15) is 0 Å². The summed E-state index contributed by atoms with van der Waals surface area (Å²) < 4.78 is 0. The van der Waals surface area contributed by atoms with Crippen LogP contribution >= 0.6 is 0 Å². The fourth-order valence-corrected chi connectivity index (χ4v) is 4.94. The fourth-order valence-electron chi connectivity index (χ4n) is 4.94. The van der Waals surface area contributed by atoms with Crippen LogP contribution in [0.25, 0.3) is 11.1 Å². The second kappa shape index (κ2) is 13.2. The molecule has 0 heterocycles. The molecule has 0 spiro atoms. The van der Waals surface area contributed by atoms with Crippen molar-refractivity contribution in [2.24, 2.45) is 0 Å². The van der Waals surface area contributed by atoms with Crippen LogP contribution in [-0.2, 0) is 0 Å². The summed E-state index contributed by atoms with van der Waals surface area (Å²) >= 11 is 0. The number of terminal acetylenes is 1. The highest BCUT2D eigenvalue weighted by atomic mass is 15.1. The predicted molar refractivity (Wildman–Crippen MR) is 177 cm³/mol. The van der Waals surface area contributed by atoms with Gasteiger partial charge in [0.1, 0.15) is 0 Å². The molecule has 5 rings (SSSR count). The summed E-state index contributed by atoms with van der Waals surface area (Å²) in [4.78, 5) is 4.60. The van der Waals surface area contributed by atoms with Crippen molar-refractivity contribution in [2.45, 2.75) is 13.8 Å². The number of benzene rings is 5. The van der Waals surface area contributed by atoms with E-state index in [-0.39, 0.29) is 0 Å². The molecule has 0 N–H and O–H groups in total. The van der Waals surface area contributed by atoms with Crippen LogP contribution in [0.5, 0.6) is 0 Å². The predicted octanol–water partition coefficient (Wildman–Crippen LogP) is 10.3. The topological polar surface area (TPSA) is 6.48 Å². The van der Waals surface area contributed by atoms with E-state index >= 15 is 0 Å². The number of nitrogens with zero attached hydrogens (tertiary/aromatic N) is 2. The molecule has 200 valence electrons. The van der Waals surface area contributed by atoms with E-state index in [0.29, 0.717) is 0 Å². The standard InChI is InChI=1S/C39H34N2/c1-4-5-6-7-11-28-40(38-18-12-14-31(2)29-38)35-24-20-33(21-25-35)34-22-26-37(27-23-34)41(36-16-9-8-10-17-36)39-19-13-15-32(3)30-39/h1,5-27,29-30H,28H2,2-3H3/b6-5-,11-7-. The second-order valence-electron chi connectivity index (χ2n) is 10.0. The molecule has 0 radical (unpaired) electrons. The highest BCUT2D eigenvalue weighted by Gasteiger charge is 2.13. The van der Waals surface area contributed by atoms with Gasteiger partial charge in [0.15, 0.2) is 0 Å². The van der Waals surface area contributed by atoms with E-state index in [0.717, 1.165) is 35.0 Å². The first-order valence-corrected chi connectivity index (χ1v) is 13.9. The lowest BCUT2D eigenvalue weighted by atomic mass is 10.0. The summed E-state index contributed by atoms with van der Waals surface area (Å²) in [5, 5.41) is 0. The van der Waals surface area contributed by atoms with Crippen molar-refractivity contribution in [3.63, 3.8) is 0 Å². The average molecular weight is 531 g/mol. The molecule has 2 heteroatoms. The largest absolute Gasteiger partial charge is 0.338 e. The van der Waals surface area contributed by atoms with Gasteiger partial charge in [-0.3, -0.25) is 0 Å². The van der Waals surface area contributed by atoms with Crippen LogP contribution in [0.15, 0.2) is 152 Å². The van der Waals surface area contributed by atoms with Gasteiger partial charge in [0, 0.05) is 35.0 Å². The normalized spacial score (nSPS) is 11.0. The molecule has 5 aromatic rings. The SMILES string of the molecule is C#C/C=C\C=C/CN(c1ccc(-c2ccc(N(c3ccccc3)c3cccc(C)c3)cc2)cc1)c1cccc(C)c1. The molecule has 0 saturated heterocycles. The highest BCUT2D eigenvalue weighted by Crippen LogP contribution is 2.36. The van der Waals surface area contributed by atoms with E-state index in [1.165, 1.54) is 22.3 Å². The summed E-state index contributed by atoms with van der Waals surface area (Å²) in [5.41, 5.74) is 10.5. The van der Waals surface area contributed by atoms with Gasteiger partial charge in [0.05, 0.1) is 0 Å². The maximum Gasteiger partial charge on any atom is 0.0464 e. The first kappa shape index (κ1) is 27.3. The van der Waals surface area contributed by atoms with Gasteiger partial charge in [-0.2, -0.15) is 0 Å². The quantitative estimate of drug-likeness (QED) is 0.138. The molecule has 0 unspecified atom stereocenters. The number of hydrogen-bond donors (Lipinski definition) is 0. The third kappa shape index (κ3) is 6.85. The smallest absolute Gasteiger partial charge is 0.0464 e. The summed E-state index contributed by atoms with van der Waals surface area (Å²) in [5.74, 6) is 2.53. The molecule has 5 aromatic carbocycles. The Morgan fingerprint density at radius 1 is 0.561 bits per heavy atom. The third-order valence-corrected chi connectivity index (χ3v) is 6.95. The number of aryl methyl sites for hydroxylation is 2. The van der Waals surface area contributed by atoms with Crippen molar-refractivity contribution < 1.29 is 0 Å². The van der Waals surface area contributed by atoms with E-state index in [1.54, 1.807) is 6.08 Å². The number of anilines is 5. The molecule has 0 saturated carbocycles. The Hall–Kier alpha value is -5.26. The van der Waals surface area contributed by atoms with Gasteiger partial charge >= 0.3 is 0 Å². The number of para-hydroxylation sites is 1. The van der Waals surface area contributed by atoms with Crippen LogP contribution in [0.1, 0.15) is 11.1 Å². The van der Waals surface area contributed by atoms with Crippen LogP contribution < -0.4 is 9.80 Å². The Balaban J connectivity index is 1.42. The lowest BCUT2D eigenvalue weighted by Gasteiger charge is -2.26. The van der Waals surface area contributed by atoms with Gasteiger partial charge in [0.2, 0.25) is 0 Å². The van der Waals surface area contributed by atoms with Gasteiger partial charge in [-0.05, 0) is 103 Å². The van der Waals surface area contributed by atoms with Crippen molar-refractivity contribution in [3.8, 4) is 23.5 Å². The maximum atomic E-state index is 5.33. The minimum Gasteiger partial charge on any atom is -0.338 e. The molecule has 0 aliphatic carbocycles. The van der Waals surface area contributed by atoms with Crippen LogP contribution in [0.3, 0.4) is 0 Å². The van der Waals surface area contributed by atoms with Crippen molar-refractivity contribution >= 4 is 28.4 Å². The molecule has 41 heavy (non-hydrogen) atoms.